The highest BCUT2D eigenvalue weighted by atomic mass is 16.3. The standard InChI is InChI=1S/C11H12O/c1-8(2)10-7-12-11-6-4-3-5-9(10)11/h3-8H,1-2H3. The van der Waals surface area contributed by atoms with E-state index >= 15 is 0 Å². The van der Waals surface area contributed by atoms with Gasteiger partial charge in [-0.15, -0.1) is 0 Å². The van der Waals surface area contributed by atoms with E-state index in [1.54, 1.807) is 0 Å². The van der Waals surface area contributed by atoms with Gasteiger partial charge in [0.1, 0.15) is 5.58 Å². The quantitative estimate of drug-likeness (QED) is 0.621. The molecule has 1 nitrogen and oxygen atoms in total. The highest BCUT2D eigenvalue weighted by molar-refractivity contribution is 5.81. The number of para-hydroxylation sites is 1. The number of benzene rings is 1. The van der Waals surface area contributed by atoms with Gasteiger partial charge < -0.3 is 4.42 Å². The van der Waals surface area contributed by atoms with Crippen LogP contribution in [0.1, 0.15) is 25.3 Å². The zero-order valence-electron chi connectivity index (χ0n) is 7.37. The summed E-state index contributed by atoms with van der Waals surface area (Å²) in [7, 11) is 0. The summed E-state index contributed by atoms with van der Waals surface area (Å²) in [6.07, 6.45) is 1.86. The molecular weight excluding hydrogens is 148 g/mol. The van der Waals surface area contributed by atoms with Crippen molar-refractivity contribution in [2.75, 3.05) is 0 Å². The van der Waals surface area contributed by atoms with Gasteiger partial charge in [-0.25, -0.2) is 0 Å². The first-order chi connectivity index (χ1) is 5.79. The molecule has 1 aromatic carbocycles. The Bertz CT molecular complexity index is 385. The van der Waals surface area contributed by atoms with E-state index in [4.69, 9.17) is 4.42 Å². The van der Waals surface area contributed by atoms with E-state index in [2.05, 4.69) is 19.9 Å². The van der Waals surface area contributed by atoms with Crippen molar-refractivity contribution < 1.29 is 4.42 Å². The normalized spacial score (nSPS) is 11.2. The topological polar surface area (TPSA) is 13.1 Å². The molecule has 1 heteroatoms. The van der Waals surface area contributed by atoms with E-state index < -0.39 is 0 Å². The van der Waals surface area contributed by atoms with Crippen molar-refractivity contribution in [3.05, 3.63) is 36.1 Å². The minimum absolute atomic E-state index is 0.536. The summed E-state index contributed by atoms with van der Waals surface area (Å²) in [6, 6.07) is 8.15. The lowest BCUT2D eigenvalue weighted by Crippen LogP contribution is -1.82. The molecule has 0 bridgehead atoms. The van der Waals surface area contributed by atoms with Gasteiger partial charge in [-0.2, -0.15) is 0 Å². The fraction of sp³-hybridized carbons (Fsp3) is 0.273. The van der Waals surface area contributed by atoms with Crippen molar-refractivity contribution in [2.45, 2.75) is 19.8 Å². The third kappa shape index (κ3) is 1.02. The van der Waals surface area contributed by atoms with Crippen LogP contribution in [-0.4, -0.2) is 0 Å². The molecule has 1 aromatic heterocycles. The fourth-order valence-electron chi connectivity index (χ4n) is 1.45. The maximum absolute atomic E-state index is 5.41. The van der Waals surface area contributed by atoms with Crippen LogP contribution in [0.25, 0.3) is 11.0 Å². The molecule has 0 aliphatic rings. The Labute approximate surface area is 72.0 Å². The average Bonchev–Trinajstić information content (AvgIpc) is 2.47. The largest absolute Gasteiger partial charge is 0.464 e. The molecule has 0 unspecified atom stereocenters. The summed E-state index contributed by atoms with van der Waals surface area (Å²) in [5.41, 5.74) is 2.28. The summed E-state index contributed by atoms with van der Waals surface area (Å²) in [6.45, 7) is 4.36. The lowest BCUT2D eigenvalue weighted by molar-refractivity contribution is 0.606. The predicted molar refractivity (Wildman–Crippen MR) is 50.3 cm³/mol. The van der Waals surface area contributed by atoms with E-state index in [1.807, 2.05) is 24.5 Å². The Hall–Kier alpha value is -1.24. The lowest BCUT2D eigenvalue weighted by Gasteiger charge is -1.99. The number of furan rings is 1. The first kappa shape index (κ1) is 7.41. The summed E-state index contributed by atoms with van der Waals surface area (Å²) < 4.78 is 5.41. The van der Waals surface area contributed by atoms with Crippen molar-refractivity contribution in [2.24, 2.45) is 0 Å². The zero-order chi connectivity index (χ0) is 8.55. The second kappa shape index (κ2) is 2.67. The lowest BCUT2D eigenvalue weighted by atomic mass is 10.0. The van der Waals surface area contributed by atoms with Crippen LogP contribution in [0.3, 0.4) is 0 Å². The van der Waals surface area contributed by atoms with Crippen molar-refractivity contribution in [1.29, 1.82) is 0 Å². The highest BCUT2D eigenvalue weighted by Gasteiger charge is 2.07. The average molecular weight is 160 g/mol. The molecule has 0 fully saturated rings. The summed E-state index contributed by atoms with van der Waals surface area (Å²) in [5, 5.41) is 1.24. The van der Waals surface area contributed by atoms with E-state index in [1.165, 1.54) is 10.9 Å². The monoisotopic (exact) mass is 160 g/mol. The van der Waals surface area contributed by atoms with E-state index in [9.17, 15) is 0 Å². The predicted octanol–water partition coefficient (Wildman–Crippen LogP) is 3.56. The molecule has 0 spiro atoms. The van der Waals surface area contributed by atoms with Gasteiger partial charge in [-0.3, -0.25) is 0 Å². The SMILES string of the molecule is CC(C)c1coc2ccccc12. The van der Waals surface area contributed by atoms with Gasteiger partial charge in [0.15, 0.2) is 0 Å². The molecule has 0 aliphatic heterocycles. The molecule has 0 saturated heterocycles. The van der Waals surface area contributed by atoms with Gasteiger partial charge in [0.25, 0.3) is 0 Å². The van der Waals surface area contributed by atoms with Crippen molar-refractivity contribution in [3.63, 3.8) is 0 Å². The number of fused-ring (bicyclic) bond motifs is 1. The van der Waals surface area contributed by atoms with Crippen LogP contribution in [0.2, 0.25) is 0 Å². The van der Waals surface area contributed by atoms with Gasteiger partial charge in [0.2, 0.25) is 0 Å². The van der Waals surface area contributed by atoms with Crippen LogP contribution in [0, 0.1) is 0 Å². The molecule has 0 atom stereocenters. The molecule has 12 heavy (non-hydrogen) atoms. The third-order valence-corrected chi connectivity index (χ3v) is 2.13. The van der Waals surface area contributed by atoms with Gasteiger partial charge >= 0.3 is 0 Å². The first-order valence-corrected chi connectivity index (χ1v) is 4.25. The Balaban J connectivity index is 2.70. The smallest absolute Gasteiger partial charge is 0.134 e. The van der Waals surface area contributed by atoms with Crippen molar-refractivity contribution in [1.82, 2.24) is 0 Å². The first-order valence-electron chi connectivity index (χ1n) is 4.25. The van der Waals surface area contributed by atoms with Crippen LogP contribution in [-0.2, 0) is 0 Å². The summed E-state index contributed by atoms with van der Waals surface area (Å²) in [5.74, 6) is 0.536. The van der Waals surface area contributed by atoms with Crippen LogP contribution < -0.4 is 0 Å². The maximum atomic E-state index is 5.41. The molecule has 2 aromatic rings. The highest BCUT2D eigenvalue weighted by Crippen LogP contribution is 2.26. The molecule has 1 heterocycles. The Morgan fingerprint density at radius 3 is 2.67 bits per heavy atom. The van der Waals surface area contributed by atoms with E-state index in [0.717, 1.165) is 5.58 Å². The molecule has 0 saturated carbocycles. The molecule has 0 radical (unpaired) electrons. The molecule has 0 N–H and O–H groups in total. The number of hydrogen-bond acceptors (Lipinski definition) is 1. The Kier molecular flexibility index (Phi) is 1.65. The van der Waals surface area contributed by atoms with Gasteiger partial charge in [-0.05, 0) is 12.0 Å². The Morgan fingerprint density at radius 1 is 1.17 bits per heavy atom. The van der Waals surface area contributed by atoms with Gasteiger partial charge in [-0.1, -0.05) is 32.0 Å². The maximum Gasteiger partial charge on any atom is 0.134 e. The number of hydrogen-bond donors (Lipinski definition) is 0. The van der Waals surface area contributed by atoms with Crippen LogP contribution >= 0.6 is 0 Å². The molecule has 62 valence electrons. The summed E-state index contributed by atoms with van der Waals surface area (Å²) >= 11 is 0. The van der Waals surface area contributed by atoms with Crippen LogP contribution in [0.15, 0.2) is 34.9 Å². The van der Waals surface area contributed by atoms with Crippen LogP contribution in [0.4, 0.5) is 0 Å². The van der Waals surface area contributed by atoms with Gasteiger partial charge in [0, 0.05) is 10.9 Å². The molecular formula is C11H12O. The second-order valence-electron chi connectivity index (χ2n) is 3.34. The van der Waals surface area contributed by atoms with E-state index in [0.29, 0.717) is 5.92 Å². The van der Waals surface area contributed by atoms with Crippen LogP contribution in [0.5, 0.6) is 0 Å². The third-order valence-electron chi connectivity index (χ3n) is 2.13. The molecule has 2 rings (SSSR count). The molecule has 0 amide bonds. The van der Waals surface area contributed by atoms with E-state index in [-0.39, 0.29) is 0 Å². The van der Waals surface area contributed by atoms with Gasteiger partial charge in [0.05, 0.1) is 6.26 Å². The minimum Gasteiger partial charge on any atom is -0.464 e. The second-order valence-corrected chi connectivity index (χ2v) is 3.34. The fourth-order valence-corrected chi connectivity index (χ4v) is 1.45. The van der Waals surface area contributed by atoms with Crippen molar-refractivity contribution in [3.8, 4) is 0 Å². The van der Waals surface area contributed by atoms with Crippen molar-refractivity contribution >= 4 is 11.0 Å². The zero-order valence-corrected chi connectivity index (χ0v) is 7.37. The number of rotatable bonds is 1. The Morgan fingerprint density at radius 2 is 1.92 bits per heavy atom. The minimum atomic E-state index is 0.536. The summed E-state index contributed by atoms with van der Waals surface area (Å²) in [4.78, 5) is 0. The molecule has 0 aliphatic carbocycles.